The van der Waals surface area contributed by atoms with Crippen LogP contribution in [0.15, 0.2) is 48.5 Å². The van der Waals surface area contributed by atoms with Crippen LogP contribution in [-0.4, -0.2) is 48.5 Å². The van der Waals surface area contributed by atoms with Crippen molar-refractivity contribution in [1.82, 2.24) is 14.9 Å². The van der Waals surface area contributed by atoms with E-state index in [1.54, 1.807) is 24.3 Å². The summed E-state index contributed by atoms with van der Waals surface area (Å²) in [6, 6.07) is 14.9. The first-order chi connectivity index (χ1) is 13.4. The fraction of sp³-hybridized carbons (Fsp3) is 0.333. The number of fused-ring (bicyclic) bond motifs is 1. The van der Waals surface area contributed by atoms with E-state index in [0.717, 1.165) is 29.7 Å². The highest BCUT2D eigenvalue weighted by atomic mass is 32.2. The van der Waals surface area contributed by atoms with Crippen LogP contribution in [0.5, 0.6) is 0 Å². The van der Waals surface area contributed by atoms with Gasteiger partial charge in [-0.1, -0.05) is 24.3 Å². The lowest BCUT2D eigenvalue weighted by molar-refractivity contribution is 0.0711. The molecule has 1 amide bonds. The first-order valence-corrected chi connectivity index (χ1v) is 11.5. The van der Waals surface area contributed by atoms with Crippen molar-refractivity contribution in [1.29, 1.82) is 0 Å². The number of H-pyrrole nitrogens is 1. The average Bonchev–Trinajstić information content (AvgIpc) is 3.11. The maximum Gasteiger partial charge on any atom is 0.253 e. The molecule has 0 bridgehead atoms. The number of carbonyl (C=O) groups excluding carboxylic acids is 1. The fourth-order valence-electron chi connectivity index (χ4n) is 3.75. The van der Waals surface area contributed by atoms with E-state index in [1.807, 2.05) is 29.2 Å². The van der Waals surface area contributed by atoms with Gasteiger partial charge in [-0.05, 0) is 42.7 Å². The van der Waals surface area contributed by atoms with Crippen molar-refractivity contribution in [2.24, 2.45) is 0 Å². The first kappa shape index (κ1) is 18.7. The lowest BCUT2D eigenvalue weighted by atomic mass is 9.95. The molecule has 1 aliphatic rings. The maximum absolute atomic E-state index is 12.8. The second-order valence-corrected chi connectivity index (χ2v) is 9.61. The molecule has 6 nitrogen and oxygen atoms in total. The molecule has 1 fully saturated rings. The van der Waals surface area contributed by atoms with Gasteiger partial charge < -0.3 is 9.88 Å². The largest absolute Gasteiger partial charge is 0.342 e. The number of imidazole rings is 1. The summed E-state index contributed by atoms with van der Waals surface area (Å²) >= 11 is 0. The normalized spacial score (nSPS) is 15.8. The number of nitrogens with one attached hydrogen (secondary N) is 1. The van der Waals surface area contributed by atoms with Crippen LogP contribution >= 0.6 is 0 Å². The Kier molecular flexibility index (Phi) is 4.93. The third-order valence-electron chi connectivity index (χ3n) is 5.21. The van der Waals surface area contributed by atoms with Crippen molar-refractivity contribution in [3.63, 3.8) is 0 Å². The van der Waals surface area contributed by atoms with Crippen molar-refractivity contribution in [2.75, 3.05) is 19.3 Å². The smallest absolute Gasteiger partial charge is 0.253 e. The van der Waals surface area contributed by atoms with Crippen LogP contribution in [0.3, 0.4) is 0 Å². The molecule has 0 spiro atoms. The summed E-state index contributed by atoms with van der Waals surface area (Å²) in [5.74, 6) is 1.31. The summed E-state index contributed by atoms with van der Waals surface area (Å²) in [6.45, 7) is 1.37. The van der Waals surface area contributed by atoms with Gasteiger partial charge in [-0.2, -0.15) is 0 Å². The van der Waals surface area contributed by atoms with Gasteiger partial charge in [-0.25, -0.2) is 13.4 Å². The van der Waals surface area contributed by atoms with E-state index in [4.69, 9.17) is 4.98 Å². The van der Waals surface area contributed by atoms with E-state index in [1.165, 1.54) is 6.26 Å². The lowest BCUT2D eigenvalue weighted by Gasteiger charge is -2.31. The fourth-order valence-corrected chi connectivity index (χ4v) is 4.55. The Labute approximate surface area is 164 Å². The summed E-state index contributed by atoms with van der Waals surface area (Å²) < 4.78 is 22.8. The molecule has 0 unspecified atom stereocenters. The number of sulfone groups is 1. The first-order valence-electron chi connectivity index (χ1n) is 9.40. The van der Waals surface area contributed by atoms with Gasteiger partial charge in [-0.3, -0.25) is 4.79 Å². The van der Waals surface area contributed by atoms with E-state index in [-0.39, 0.29) is 11.7 Å². The van der Waals surface area contributed by atoms with E-state index in [2.05, 4.69) is 4.98 Å². The molecule has 146 valence electrons. The van der Waals surface area contributed by atoms with Crippen LogP contribution in [0.25, 0.3) is 11.0 Å². The van der Waals surface area contributed by atoms with Gasteiger partial charge in [0, 0.05) is 30.8 Å². The van der Waals surface area contributed by atoms with Gasteiger partial charge in [0.2, 0.25) is 0 Å². The monoisotopic (exact) mass is 397 g/mol. The summed E-state index contributed by atoms with van der Waals surface area (Å²) in [4.78, 5) is 22.7. The highest BCUT2D eigenvalue weighted by Gasteiger charge is 2.26. The number of rotatable bonds is 4. The molecule has 1 aromatic heterocycles. The zero-order valence-electron chi connectivity index (χ0n) is 15.8. The molecule has 0 aliphatic carbocycles. The molecule has 3 aromatic rings. The topological polar surface area (TPSA) is 83.1 Å². The van der Waals surface area contributed by atoms with Crippen molar-refractivity contribution < 1.29 is 13.2 Å². The maximum atomic E-state index is 12.8. The number of piperidine rings is 1. The number of aromatic nitrogens is 2. The molecule has 4 rings (SSSR count). The zero-order chi connectivity index (χ0) is 19.7. The molecule has 0 radical (unpaired) electrons. The summed E-state index contributed by atoms with van der Waals surface area (Å²) in [5.41, 5.74) is 3.32. The predicted octanol–water partition coefficient (Wildman–Crippen LogP) is 3.13. The molecule has 1 saturated heterocycles. The van der Waals surface area contributed by atoms with Crippen LogP contribution in [-0.2, 0) is 15.6 Å². The number of hydrogen-bond donors (Lipinski definition) is 1. The van der Waals surface area contributed by atoms with E-state index < -0.39 is 9.84 Å². The molecular weight excluding hydrogens is 374 g/mol. The molecule has 7 heteroatoms. The van der Waals surface area contributed by atoms with Crippen LogP contribution in [0.4, 0.5) is 0 Å². The van der Waals surface area contributed by atoms with Gasteiger partial charge in [0.05, 0.1) is 16.8 Å². The second-order valence-electron chi connectivity index (χ2n) is 7.47. The standard InChI is InChI=1S/C21H23N3O3S/c1-28(26,27)14-15-6-8-17(9-7-15)21(25)24-12-10-16(11-13-24)20-22-18-4-2-3-5-19(18)23-20/h2-9,16H,10-14H2,1H3,(H,22,23). The predicted molar refractivity (Wildman–Crippen MR) is 109 cm³/mol. The SMILES string of the molecule is CS(=O)(=O)Cc1ccc(C(=O)N2CCC(c3nc4ccccc4[nH]3)CC2)cc1. The average molecular weight is 398 g/mol. The third-order valence-corrected chi connectivity index (χ3v) is 6.06. The van der Waals surface area contributed by atoms with Gasteiger partial charge in [0.1, 0.15) is 5.82 Å². The molecule has 1 aliphatic heterocycles. The van der Waals surface area contributed by atoms with Crippen molar-refractivity contribution in [3.05, 3.63) is 65.5 Å². The third kappa shape index (κ3) is 4.09. The number of benzene rings is 2. The Bertz CT molecular complexity index is 1060. The Balaban J connectivity index is 1.39. The Hall–Kier alpha value is -2.67. The van der Waals surface area contributed by atoms with Crippen molar-refractivity contribution in [3.8, 4) is 0 Å². The van der Waals surface area contributed by atoms with E-state index in [0.29, 0.717) is 30.1 Å². The number of amides is 1. The van der Waals surface area contributed by atoms with Crippen molar-refractivity contribution >= 4 is 26.8 Å². The number of carbonyl (C=O) groups is 1. The highest BCUT2D eigenvalue weighted by Crippen LogP contribution is 2.28. The molecule has 28 heavy (non-hydrogen) atoms. The van der Waals surface area contributed by atoms with Crippen molar-refractivity contribution in [2.45, 2.75) is 24.5 Å². The van der Waals surface area contributed by atoms with E-state index in [9.17, 15) is 13.2 Å². The zero-order valence-corrected chi connectivity index (χ0v) is 16.6. The Morgan fingerprint density at radius 1 is 1.11 bits per heavy atom. The molecule has 0 atom stereocenters. The summed E-state index contributed by atoms with van der Waals surface area (Å²) in [6.07, 6.45) is 2.95. The number of para-hydroxylation sites is 2. The van der Waals surface area contributed by atoms with Crippen LogP contribution in [0.1, 0.15) is 40.5 Å². The molecule has 2 heterocycles. The number of aromatic amines is 1. The van der Waals surface area contributed by atoms with Crippen LogP contribution < -0.4 is 0 Å². The minimum Gasteiger partial charge on any atom is -0.342 e. The Morgan fingerprint density at radius 2 is 1.79 bits per heavy atom. The number of hydrogen-bond acceptors (Lipinski definition) is 4. The van der Waals surface area contributed by atoms with E-state index >= 15 is 0 Å². The van der Waals surface area contributed by atoms with Crippen LogP contribution in [0.2, 0.25) is 0 Å². The van der Waals surface area contributed by atoms with Crippen LogP contribution in [0, 0.1) is 0 Å². The van der Waals surface area contributed by atoms with Gasteiger partial charge in [-0.15, -0.1) is 0 Å². The minimum absolute atomic E-state index is 0.00559. The van der Waals surface area contributed by atoms with Gasteiger partial charge in [0.15, 0.2) is 9.84 Å². The lowest BCUT2D eigenvalue weighted by Crippen LogP contribution is -2.38. The summed E-state index contributed by atoms with van der Waals surface area (Å²) in [7, 11) is -3.08. The minimum atomic E-state index is -3.08. The quantitative estimate of drug-likeness (QED) is 0.733. The van der Waals surface area contributed by atoms with Gasteiger partial charge in [0.25, 0.3) is 5.91 Å². The molecule has 1 N–H and O–H groups in total. The molecule has 2 aromatic carbocycles. The molecular formula is C21H23N3O3S. The number of likely N-dealkylation sites (tertiary alicyclic amines) is 1. The number of nitrogens with zero attached hydrogens (tertiary/aromatic N) is 2. The Morgan fingerprint density at radius 3 is 2.43 bits per heavy atom. The summed E-state index contributed by atoms with van der Waals surface area (Å²) in [5, 5.41) is 0. The second kappa shape index (κ2) is 7.39. The van der Waals surface area contributed by atoms with Gasteiger partial charge >= 0.3 is 0 Å². The molecule has 0 saturated carbocycles. The highest BCUT2D eigenvalue weighted by molar-refractivity contribution is 7.89.